The van der Waals surface area contributed by atoms with Gasteiger partial charge in [-0.25, -0.2) is 0 Å². The predicted octanol–water partition coefficient (Wildman–Crippen LogP) is 2.37. The highest BCUT2D eigenvalue weighted by molar-refractivity contribution is 9.10. The molecule has 0 radical (unpaired) electrons. The van der Waals surface area contributed by atoms with Crippen molar-refractivity contribution in [1.82, 2.24) is 15.1 Å². The Morgan fingerprint density at radius 2 is 2.30 bits per heavy atom. The maximum Gasteiger partial charge on any atom is 0.0813 e. The van der Waals surface area contributed by atoms with E-state index in [1.165, 1.54) is 12.8 Å². The van der Waals surface area contributed by atoms with Gasteiger partial charge in [0.1, 0.15) is 0 Å². The molecule has 1 saturated carbocycles. The average molecular weight is 346 g/mol. The molecule has 0 spiro atoms. The summed E-state index contributed by atoms with van der Waals surface area (Å²) in [7, 11) is 3.69. The Labute approximate surface area is 129 Å². The normalized spacial score (nSPS) is 18.2. The second kappa shape index (κ2) is 7.54. The SMILES string of the molecule is CCOC(C1CC1)C(NC)c1c(Br)cnn1CCOC. The van der Waals surface area contributed by atoms with Crippen molar-refractivity contribution in [2.45, 2.75) is 38.5 Å². The lowest BCUT2D eigenvalue weighted by Crippen LogP contribution is -2.35. The minimum atomic E-state index is 0.149. The lowest BCUT2D eigenvalue weighted by Gasteiger charge is -2.28. The third-order valence-electron chi connectivity index (χ3n) is 3.72. The smallest absolute Gasteiger partial charge is 0.0813 e. The number of hydrogen-bond donors (Lipinski definition) is 1. The first kappa shape index (κ1) is 15.9. The summed E-state index contributed by atoms with van der Waals surface area (Å²) < 4.78 is 14.2. The third kappa shape index (κ3) is 3.61. The number of nitrogens with zero attached hydrogens (tertiary/aromatic N) is 2. The average Bonchev–Trinajstić information content (AvgIpc) is 3.23. The van der Waals surface area contributed by atoms with E-state index in [2.05, 4.69) is 33.3 Å². The molecule has 2 atom stereocenters. The summed E-state index contributed by atoms with van der Waals surface area (Å²) in [6.45, 7) is 4.20. The molecule has 2 unspecified atom stereocenters. The number of likely N-dealkylation sites (N-methyl/N-ethyl adjacent to an activating group) is 1. The molecule has 1 aliphatic rings. The van der Waals surface area contributed by atoms with E-state index >= 15 is 0 Å². The molecule has 1 aliphatic carbocycles. The summed E-state index contributed by atoms with van der Waals surface area (Å²) in [5.41, 5.74) is 1.15. The van der Waals surface area contributed by atoms with Crippen LogP contribution in [-0.2, 0) is 16.0 Å². The molecule has 0 bridgehead atoms. The highest BCUT2D eigenvalue weighted by Crippen LogP contribution is 2.41. The van der Waals surface area contributed by atoms with Gasteiger partial charge in [-0.2, -0.15) is 5.10 Å². The molecule has 0 saturated heterocycles. The summed E-state index contributed by atoms with van der Waals surface area (Å²) in [5, 5.41) is 7.85. The van der Waals surface area contributed by atoms with E-state index in [4.69, 9.17) is 9.47 Å². The Balaban J connectivity index is 2.22. The van der Waals surface area contributed by atoms with E-state index in [1.807, 2.05) is 17.9 Å². The Kier molecular flexibility index (Phi) is 6.01. The third-order valence-corrected chi connectivity index (χ3v) is 4.33. The number of hydrogen-bond acceptors (Lipinski definition) is 4. The van der Waals surface area contributed by atoms with Crippen molar-refractivity contribution in [3.8, 4) is 0 Å². The van der Waals surface area contributed by atoms with Crippen LogP contribution < -0.4 is 5.32 Å². The first-order valence-electron chi connectivity index (χ1n) is 7.21. The highest BCUT2D eigenvalue weighted by Gasteiger charge is 2.39. The fourth-order valence-corrected chi connectivity index (χ4v) is 3.16. The first-order valence-corrected chi connectivity index (χ1v) is 8.01. The number of methoxy groups -OCH3 is 1. The molecule has 20 heavy (non-hydrogen) atoms. The van der Waals surface area contributed by atoms with Gasteiger partial charge in [0.15, 0.2) is 0 Å². The molecular formula is C14H24BrN3O2. The highest BCUT2D eigenvalue weighted by atomic mass is 79.9. The molecular weight excluding hydrogens is 322 g/mol. The van der Waals surface area contributed by atoms with Gasteiger partial charge in [-0.1, -0.05) is 0 Å². The Morgan fingerprint density at radius 1 is 1.55 bits per heavy atom. The fourth-order valence-electron chi connectivity index (χ4n) is 2.62. The van der Waals surface area contributed by atoms with Crippen molar-refractivity contribution in [3.63, 3.8) is 0 Å². The zero-order valence-corrected chi connectivity index (χ0v) is 14.0. The van der Waals surface area contributed by atoms with Gasteiger partial charge in [-0.05, 0) is 48.7 Å². The zero-order valence-electron chi connectivity index (χ0n) is 12.4. The molecule has 0 aliphatic heterocycles. The summed E-state index contributed by atoms with van der Waals surface area (Å²) >= 11 is 3.62. The Morgan fingerprint density at radius 3 is 2.85 bits per heavy atom. The van der Waals surface area contributed by atoms with Gasteiger partial charge in [0.05, 0.1) is 41.7 Å². The molecule has 1 aromatic rings. The Bertz CT molecular complexity index is 421. The fraction of sp³-hybridized carbons (Fsp3) is 0.786. The molecule has 2 rings (SSSR count). The van der Waals surface area contributed by atoms with Crippen molar-refractivity contribution in [2.24, 2.45) is 5.92 Å². The van der Waals surface area contributed by atoms with Crippen molar-refractivity contribution in [1.29, 1.82) is 0 Å². The Hall–Kier alpha value is -0.430. The molecule has 1 aromatic heterocycles. The topological polar surface area (TPSA) is 48.3 Å². The number of rotatable bonds is 9. The van der Waals surface area contributed by atoms with Crippen LogP contribution in [-0.4, -0.2) is 43.3 Å². The van der Waals surface area contributed by atoms with E-state index in [9.17, 15) is 0 Å². The van der Waals surface area contributed by atoms with Crippen LogP contribution in [0, 0.1) is 5.92 Å². The van der Waals surface area contributed by atoms with Gasteiger partial charge in [-0.15, -0.1) is 0 Å². The van der Waals surface area contributed by atoms with Crippen molar-refractivity contribution in [2.75, 3.05) is 27.4 Å². The van der Waals surface area contributed by atoms with Gasteiger partial charge >= 0.3 is 0 Å². The number of halogens is 1. The standard InChI is InChI=1S/C14H24BrN3O2/c1-4-20-14(10-5-6-10)12(16-2)13-11(15)9-17-18(13)7-8-19-3/h9-10,12,14,16H,4-8H2,1-3H3. The maximum absolute atomic E-state index is 6.00. The van der Waals surface area contributed by atoms with Crippen molar-refractivity contribution < 1.29 is 9.47 Å². The summed E-state index contributed by atoms with van der Waals surface area (Å²) in [6.07, 6.45) is 4.57. The second-order valence-corrected chi connectivity index (χ2v) is 5.97. The van der Waals surface area contributed by atoms with Crippen LogP contribution >= 0.6 is 15.9 Å². The minimum Gasteiger partial charge on any atom is -0.383 e. The largest absolute Gasteiger partial charge is 0.383 e. The van der Waals surface area contributed by atoms with Crippen LogP contribution in [0.15, 0.2) is 10.7 Å². The van der Waals surface area contributed by atoms with Crippen LogP contribution in [0.2, 0.25) is 0 Å². The van der Waals surface area contributed by atoms with Gasteiger partial charge in [0, 0.05) is 13.7 Å². The van der Waals surface area contributed by atoms with E-state index in [0.29, 0.717) is 12.5 Å². The second-order valence-electron chi connectivity index (χ2n) is 5.12. The van der Waals surface area contributed by atoms with Gasteiger partial charge in [-0.3, -0.25) is 4.68 Å². The van der Waals surface area contributed by atoms with Crippen LogP contribution in [0.3, 0.4) is 0 Å². The summed E-state index contributed by atoms with van der Waals surface area (Å²) in [5.74, 6) is 0.657. The molecule has 6 heteroatoms. The van der Waals surface area contributed by atoms with Gasteiger partial charge in [0.25, 0.3) is 0 Å². The monoisotopic (exact) mass is 345 g/mol. The van der Waals surface area contributed by atoms with E-state index in [1.54, 1.807) is 7.11 Å². The van der Waals surface area contributed by atoms with E-state index < -0.39 is 0 Å². The molecule has 1 fully saturated rings. The van der Waals surface area contributed by atoms with Crippen molar-refractivity contribution in [3.05, 3.63) is 16.4 Å². The van der Waals surface area contributed by atoms with Gasteiger partial charge in [0.2, 0.25) is 0 Å². The molecule has 114 valence electrons. The first-order chi connectivity index (χ1) is 9.72. The maximum atomic E-state index is 6.00. The van der Waals surface area contributed by atoms with Crippen molar-refractivity contribution >= 4 is 15.9 Å². The summed E-state index contributed by atoms with van der Waals surface area (Å²) in [4.78, 5) is 0. The zero-order chi connectivity index (χ0) is 14.5. The summed E-state index contributed by atoms with van der Waals surface area (Å²) in [6, 6.07) is 0.149. The van der Waals surface area contributed by atoms with Crippen LogP contribution in [0.25, 0.3) is 0 Å². The van der Waals surface area contributed by atoms with Crippen LogP contribution in [0.5, 0.6) is 0 Å². The minimum absolute atomic E-state index is 0.149. The molecule has 0 amide bonds. The van der Waals surface area contributed by atoms with E-state index in [0.717, 1.165) is 23.3 Å². The lowest BCUT2D eigenvalue weighted by molar-refractivity contribution is 0.0178. The van der Waals surface area contributed by atoms with Crippen LogP contribution in [0.1, 0.15) is 31.5 Å². The van der Waals surface area contributed by atoms with E-state index in [-0.39, 0.29) is 12.1 Å². The molecule has 1 heterocycles. The quantitative estimate of drug-likeness (QED) is 0.746. The predicted molar refractivity (Wildman–Crippen MR) is 81.7 cm³/mol. The number of nitrogens with one attached hydrogen (secondary N) is 1. The van der Waals surface area contributed by atoms with Crippen LogP contribution in [0.4, 0.5) is 0 Å². The molecule has 5 nitrogen and oxygen atoms in total. The molecule has 1 N–H and O–H groups in total. The number of ether oxygens (including phenoxy) is 2. The lowest BCUT2D eigenvalue weighted by atomic mass is 10.0. The number of aromatic nitrogens is 2. The molecule has 0 aromatic carbocycles. The van der Waals surface area contributed by atoms with Gasteiger partial charge < -0.3 is 14.8 Å².